The van der Waals surface area contributed by atoms with Crippen molar-refractivity contribution in [3.8, 4) is 0 Å². The average molecular weight is 137 g/mol. The van der Waals surface area contributed by atoms with Crippen LogP contribution in [0, 0.1) is 5.21 Å². The third-order valence-electron chi connectivity index (χ3n) is 1.46. The van der Waals surface area contributed by atoms with Gasteiger partial charge >= 0.3 is 0 Å². The fraction of sp³-hybridized carbons (Fsp3) is 0. The molecule has 0 radical (unpaired) electrons. The van der Waals surface area contributed by atoms with Gasteiger partial charge in [0.2, 0.25) is 0 Å². The van der Waals surface area contributed by atoms with E-state index in [0.29, 0.717) is 0 Å². The van der Waals surface area contributed by atoms with Crippen LogP contribution in [0.1, 0.15) is 0 Å². The van der Waals surface area contributed by atoms with E-state index in [1.165, 1.54) is 0 Å². The van der Waals surface area contributed by atoms with Gasteiger partial charge in [-0.2, -0.15) is 0 Å². The van der Waals surface area contributed by atoms with Crippen molar-refractivity contribution in [2.75, 3.05) is 0 Å². The fourth-order valence-corrected chi connectivity index (χ4v) is 0.971. The first kappa shape index (κ1) is 5.52. The second-order valence-corrected chi connectivity index (χ2v) is 2.14. The molecule has 0 fully saturated rings. The lowest BCUT2D eigenvalue weighted by Gasteiger charge is -2.16. The molecule has 1 atom stereocenters. The van der Waals surface area contributed by atoms with Crippen molar-refractivity contribution in [1.29, 1.82) is 0 Å². The quantitative estimate of drug-likeness (QED) is 0.343. The molecule has 2 heterocycles. The second-order valence-electron chi connectivity index (χ2n) is 2.14. The normalized spacial score (nSPS) is 21.9. The summed E-state index contributed by atoms with van der Waals surface area (Å²) in [6.45, 7) is 0. The molecule has 1 aliphatic heterocycles. The Bertz CT molecular complexity index is 340. The molecule has 1 aromatic heterocycles. The minimum absolute atomic E-state index is 0.0629. The standard InChI is InChI=1S/C6H7N3O/c10-9-4-5-1-2-7-6(5)3-8-9/h1-4,7-9H. The van der Waals surface area contributed by atoms with Gasteiger partial charge in [0, 0.05) is 6.20 Å². The van der Waals surface area contributed by atoms with Crippen LogP contribution in [0.4, 0.5) is 0 Å². The zero-order valence-electron chi connectivity index (χ0n) is 5.22. The van der Waals surface area contributed by atoms with Crippen molar-refractivity contribution < 1.29 is 5.17 Å². The lowest BCUT2D eigenvalue weighted by Crippen LogP contribution is -3.09. The Labute approximate surface area is 57.0 Å². The molecular weight excluding hydrogens is 130 g/mol. The van der Waals surface area contributed by atoms with Crippen LogP contribution in [0.3, 0.4) is 0 Å². The predicted molar refractivity (Wildman–Crippen MR) is 36.4 cm³/mol. The van der Waals surface area contributed by atoms with Crippen LogP contribution in [0.5, 0.6) is 0 Å². The SMILES string of the molecule is [O-][NH+]1C=c2cc[nH]c2=CN1. The van der Waals surface area contributed by atoms with Crippen molar-refractivity contribution in [1.82, 2.24) is 10.4 Å². The number of hydroxylamine groups is 1. The monoisotopic (exact) mass is 137 g/mol. The third kappa shape index (κ3) is 0.706. The summed E-state index contributed by atoms with van der Waals surface area (Å²) < 4.78 is 0. The molecule has 0 saturated heterocycles. The number of H-pyrrole nitrogens is 1. The van der Waals surface area contributed by atoms with E-state index in [0.717, 1.165) is 10.6 Å². The van der Waals surface area contributed by atoms with E-state index in [2.05, 4.69) is 10.4 Å². The van der Waals surface area contributed by atoms with Gasteiger partial charge in [0.15, 0.2) is 0 Å². The molecule has 0 spiro atoms. The Hall–Kier alpha value is -1.26. The van der Waals surface area contributed by atoms with Crippen LogP contribution >= 0.6 is 0 Å². The summed E-state index contributed by atoms with van der Waals surface area (Å²) in [7, 11) is 0. The smallest absolute Gasteiger partial charge is 0.128 e. The largest absolute Gasteiger partial charge is 0.603 e. The van der Waals surface area contributed by atoms with E-state index in [9.17, 15) is 5.21 Å². The van der Waals surface area contributed by atoms with E-state index in [1.807, 2.05) is 6.07 Å². The molecule has 4 nitrogen and oxygen atoms in total. The highest BCUT2D eigenvalue weighted by molar-refractivity contribution is 5.25. The van der Waals surface area contributed by atoms with Gasteiger partial charge in [-0.05, 0) is 6.07 Å². The summed E-state index contributed by atoms with van der Waals surface area (Å²) in [6, 6.07) is 1.87. The molecular formula is C6H7N3O. The molecule has 0 aliphatic carbocycles. The van der Waals surface area contributed by atoms with Gasteiger partial charge in [-0.15, -0.1) is 0 Å². The van der Waals surface area contributed by atoms with Gasteiger partial charge in [-0.3, -0.25) is 0 Å². The Morgan fingerprint density at radius 2 is 2.40 bits per heavy atom. The lowest BCUT2D eigenvalue weighted by atomic mass is 10.4. The molecule has 0 aromatic carbocycles. The molecule has 2 rings (SSSR count). The summed E-state index contributed by atoms with van der Waals surface area (Å²) in [5, 5.41) is 12.6. The molecule has 0 amide bonds. The number of nitrogens with one attached hydrogen (secondary N) is 3. The molecule has 0 saturated carbocycles. The Balaban J connectivity index is 2.73. The van der Waals surface area contributed by atoms with Crippen molar-refractivity contribution in [2.24, 2.45) is 0 Å². The molecule has 1 aliphatic rings. The number of aromatic nitrogens is 1. The van der Waals surface area contributed by atoms with Crippen molar-refractivity contribution in [3.63, 3.8) is 0 Å². The van der Waals surface area contributed by atoms with Gasteiger partial charge < -0.3 is 10.2 Å². The van der Waals surface area contributed by atoms with E-state index < -0.39 is 0 Å². The zero-order chi connectivity index (χ0) is 6.97. The highest BCUT2D eigenvalue weighted by Crippen LogP contribution is 1.61. The Morgan fingerprint density at radius 1 is 1.50 bits per heavy atom. The fourth-order valence-electron chi connectivity index (χ4n) is 0.971. The van der Waals surface area contributed by atoms with Gasteiger partial charge in [0.05, 0.1) is 16.8 Å². The van der Waals surface area contributed by atoms with Gasteiger partial charge in [0.1, 0.15) is 6.20 Å². The van der Waals surface area contributed by atoms with Gasteiger partial charge in [0.25, 0.3) is 0 Å². The van der Waals surface area contributed by atoms with Gasteiger partial charge in [-0.25, -0.2) is 10.6 Å². The highest BCUT2D eigenvalue weighted by Gasteiger charge is 1.96. The van der Waals surface area contributed by atoms with Gasteiger partial charge in [-0.1, -0.05) is 0 Å². The van der Waals surface area contributed by atoms with Crippen LogP contribution in [-0.2, 0) is 0 Å². The van der Waals surface area contributed by atoms with E-state index in [1.54, 1.807) is 18.6 Å². The summed E-state index contributed by atoms with van der Waals surface area (Å²) in [4.78, 5) is 2.98. The zero-order valence-corrected chi connectivity index (χ0v) is 5.22. The summed E-state index contributed by atoms with van der Waals surface area (Å²) in [6.07, 6.45) is 5.03. The van der Waals surface area contributed by atoms with Crippen molar-refractivity contribution >= 4 is 12.4 Å². The number of hydrogen-bond donors (Lipinski definition) is 3. The maximum absolute atomic E-state index is 10.7. The molecule has 10 heavy (non-hydrogen) atoms. The summed E-state index contributed by atoms with van der Waals surface area (Å²) >= 11 is 0. The Morgan fingerprint density at radius 3 is 3.30 bits per heavy atom. The molecule has 1 aromatic rings. The molecule has 1 unspecified atom stereocenters. The minimum atomic E-state index is -0.0629. The summed E-state index contributed by atoms with van der Waals surface area (Å²) in [5.74, 6) is 0. The maximum atomic E-state index is 10.7. The van der Waals surface area contributed by atoms with Crippen LogP contribution in [0.25, 0.3) is 12.4 Å². The van der Waals surface area contributed by atoms with Crippen LogP contribution < -0.4 is 21.2 Å². The molecule has 4 heteroatoms. The molecule has 52 valence electrons. The first-order chi connectivity index (χ1) is 4.86. The number of hydrogen-bond acceptors (Lipinski definition) is 2. The third-order valence-corrected chi connectivity index (χ3v) is 1.46. The first-order valence-electron chi connectivity index (χ1n) is 3.02. The Kier molecular flexibility index (Phi) is 1.03. The van der Waals surface area contributed by atoms with Crippen molar-refractivity contribution in [3.05, 3.63) is 28.0 Å². The van der Waals surface area contributed by atoms with Crippen LogP contribution in [-0.4, -0.2) is 4.98 Å². The van der Waals surface area contributed by atoms with E-state index in [-0.39, 0.29) is 5.17 Å². The maximum Gasteiger partial charge on any atom is 0.128 e. The summed E-state index contributed by atoms with van der Waals surface area (Å²) in [5.41, 5.74) is 2.57. The minimum Gasteiger partial charge on any atom is -0.603 e. The first-order valence-corrected chi connectivity index (χ1v) is 3.02. The molecule has 3 N–H and O–H groups in total. The van der Waals surface area contributed by atoms with Crippen LogP contribution in [0.15, 0.2) is 12.3 Å². The highest BCUT2D eigenvalue weighted by atomic mass is 16.5. The predicted octanol–water partition coefficient (Wildman–Crippen LogP) is -2.61. The number of fused-ring (bicyclic) bond motifs is 1. The number of quaternary nitrogens is 1. The van der Waals surface area contributed by atoms with E-state index in [4.69, 9.17) is 0 Å². The number of rotatable bonds is 0. The number of aromatic amines is 1. The average Bonchev–Trinajstić information content (AvgIpc) is 2.33. The van der Waals surface area contributed by atoms with Crippen molar-refractivity contribution in [2.45, 2.75) is 0 Å². The lowest BCUT2D eigenvalue weighted by molar-refractivity contribution is -0.802. The van der Waals surface area contributed by atoms with E-state index >= 15 is 0 Å². The molecule has 0 bridgehead atoms. The van der Waals surface area contributed by atoms with Crippen LogP contribution in [0.2, 0.25) is 0 Å². The topological polar surface area (TPSA) is 55.3 Å². The second kappa shape index (κ2) is 1.86.